The number of benzene rings is 1. The second-order valence-corrected chi connectivity index (χ2v) is 3.65. The second-order valence-electron chi connectivity index (χ2n) is 3.65. The van der Waals surface area contributed by atoms with Crippen molar-refractivity contribution in [3.63, 3.8) is 0 Å². The molecule has 0 spiro atoms. The molecule has 0 saturated carbocycles. The number of anilines is 1. The van der Waals surface area contributed by atoms with Gasteiger partial charge in [0.15, 0.2) is 0 Å². The Bertz CT molecular complexity index is 321. The average molecular weight is 194 g/mol. The van der Waals surface area contributed by atoms with Crippen molar-refractivity contribution in [3.05, 3.63) is 29.6 Å². The molecule has 1 aliphatic heterocycles. The normalized spacial score (nSPS) is 16.4. The molecule has 76 valence electrons. The van der Waals surface area contributed by atoms with Gasteiger partial charge in [-0.3, -0.25) is 4.90 Å². The zero-order valence-corrected chi connectivity index (χ0v) is 8.39. The molecule has 3 heteroatoms. The van der Waals surface area contributed by atoms with Crippen LogP contribution < -0.4 is 5.32 Å². The summed E-state index contributed by atoms with van der Waals surface area (Å²) in [4.78, 5) is 2.25. The fourth-order valence-corrected chi connectivity index (χ4v) is 1.72. The van der Waals surface area contributed by atoms with Gasteiger partial charge in [-0.15, -0.1) is 0 Å². The van der Waals surface area contributed by atoms with Gasteiger partial charge >= 0.3 is 0 Å². The molecule has 0 atom stereocenters. The molecular weight excluding hydrogens is 179 g/mol. The van der Waals surface area contributed by atoms with Crippen molar-refractivity contribution in [2.45, 2.75) is 13.0 Å². The van der Waals surface area contributed by atoms with Gasteiger partial charge in [0.1, 0.15) is 5.82 Å². The Morgan fingerprint density at radius 2 is 2.21 bits per heavy atom. The third-order valence-electron chi connectivity index (χ3n) is 2.72. The van der Waals surface area contributed by atoms with Crippen LogP contribution in [0.2, 0.25) is 0 Å². The molecule has 1 heterocycles. The first-order valence-electron chi connectivity index (χ1n) is 4.99. The smallest absolute Gasteiger partial charge is 0.129 e. The quantitative estimate of drug-likeness (QED) is 0.792. The van der Waals surface area contributed by atoms with Crippen LogP contribution in [-0.2, 0) is 6.54 Å². The van der Waals surface area contributed by atoms with Crippen molar-refractivity contribution in [1.82, 2.24) is 4.90 Å². The van der Waals surface area contributed by atoms with E-state index in [1.54, 1.807) is 6.07 Å². The summed E-state index contributed by atoms with van der Waals surface area (Å²) < 4.78 is 13.5. The summed E-state index contributed by atoms with van der Waals surface area (Å²) in [6.07, 6.45) is 1.24. The highest BCUT2D eigenvalue weighted by Crippen LogP contribution is 2.22. The molecule has 2 nitrogen and oxygen atoms in total. The summed E-state index contributed by atoms with van der Waals surface area (Å²) in [5.41, 5.74) is 1.69. The van der Waals surface area contributed by atoms with E-state index in [1.807, 2.05) is 13.1 Å². The van der Waals surface area contributed by atoms with Crippen molar-refractivity contribution in [1.29, 1.82) is 0 Å². The number of hydrogen-bond donors (Lipinski definition) is 1. The summed E-state index contributed by atoms with van der Waals surface area (Å²) in [7, 11) is 1.83. The first kappa shape index (κ1) is 9.46. The van der Waals surface area contributed by atoms with E-state index < -0.39 is 0 Å². The van der Waals surface area contributed by atoms with Crippen LogP contribution in [0.25, 0.3) is 0 Å². The van der Waals surface area contributed by atoms with E-state index >= 15 is 0 Å². The Morgan fingerprint density at radius 3 is 2.79 bits per heavy atom. The molecule has 2 rings (SSSR count). The lowest BCUT2D eigenvalue weighted by molar-refractivity contribution is 0.171. The minimum Gasteiger partial charge on any atom is -0.388 e. The lowest BCUT2D eigenvalue weighted by Crippen LogP contribution is -2.36. The molecule has 0 radical (unpaired) electrons. The van der Waals surface area contributed by atoms with E-state index in [2.05, 4.69) is 10.2 Å². The molecule has 0 aromatic heterocycles. The van der Waals surface area contributed by atoms with Crippen LogP contribution in [0.5, 0.6) is 0 Å². The molecule has 0 bridgehead atoms. The predicted molar refractivity (Wildman–Crippen MR) is 55.8 cm³/mol. The van der Waals surface area contributed by atoms with Gasteiger partial charge in [-0.05, 0) is 31.6 Å². The maximum Gasteiger partial charge on any atom is 0.129 e. The summed E-state index contributed by atoms with van der Waals surface area (Å²) in [5.74, 6) is -0.108. The minimum atomic E-state index is -0.108. The maximum absolute atomic E-state index is 13.5. The molecule has 0 amide bonds. The third-order valence-corrected chi connectivity index (χ3v) is 2.72. The van der Waals surface area contributed by atoms with Gasteiger partial charge in [-0.25, -0.2) is 4.39 Å². The highest BCUT2D eigenvalue weighted by Gasteiger charge is 2.17. The maximum atomic E-state index is 13.5. The fraction of sp³-hybridized carbons (Fsp3) is 0.455. The lowest BCUT2D eigenvalue weighted by Gasteiger charge is -2.31. The zero-order chi connectivity index (χ0) is 9.97. The lowest BCUT2D eigenvalue weighted by atomic mass is 10.1. The Kier molecular flexibility index (Phi) is 2.68. The van der Waals surface area contributed by atoms with Crippen LogP contribution in [0.4, 0.5) is 10.1 Å². The van der Waals surface area contributed by atoms with Crippen molar-refractivity contribution < 1.29 is 4.39 Å². The van der Waals surface area contributed by atoms with Gasteiger partial charge in [0.25, 0.3) is 0 Å². The Labute approximate surface area is 83.7 Å². The molecule has 1 aromatic carbocycles. The first-order chi connectivity index (χ1) is 6.81. The average Bonchev–Trinajstić information content (AvgIpc) is 2.12. The predicted octanol–water partition coefficient (Wildman–Crippen LogP) is 2.07. The molecule has 1 saturated heterocycles. The Morgan fingerprint density at radius 1 is 1.43 bits per heavy atom. The molecular formula is C11H15FN2. The summed E-state index contributed by atoms with van der Waals surface area (Å²) in [6.45, 7) is 2.91. The van der Waals surface area contributed by atoms with E-state index in [4.69, 9.17) is 0 Å². The number of likely N-dealkylation sites (tertiary alicyclic amines) is 1. The second kappa shape index (κ2) is 3.96. The number of nitrogens with zero attached hydrogens (tertiary/aromatic N) is 1. The van der Waals surface area contributed by atoms with E-state index in [9.17, 15) is 4.39 Å². The Balaban J connectivity index is 2.19. The van der Waals surface area contributed by atoms with E-state index in [0.717, 1.165) is 30.9 Å². The highest BCUT2D eigenvalue weighted by molar-refractivity contribution is 5.51. The van der Waals surface area contributed by atoms with Gasteiger partial charge < -0.3 is 5.32 Å². The molecule has 1 aromatic rings. The van der Waals surface area contributed by atoms with Gasteiger partial charge in [0.05, 0.1) is 0 Å². The number of halogens is 1. The molecule has 14 heavy (non-hydrogen) atoms. The number of rotatable bonds is 3. The van der Waals surface area contributed by atoms with Crippen LogP contribution in [0.1, 0.15) is 12.0 Å². The summed E-state index contributed by atoms with van der Waals surface area (Å²) in [6, 6.07) is 5.18. The van der Waals surface area contributed by atoms with Crippen molar-refractivity contribution in [3.8, 4) is 0 Å². The van der Waals surface area contributed by atoms with Crippen molar-refractivity contribution in [2.24, 2.45) is 0 Å². The number of hydrogen-bond acceptors (Lipinski definition) is 2. The van der Waals surface area contributed by atoms with Gasteiger partial charge in [-0.1, -0.05) is 6.07 Å². The van der Waals surface area contributed by atoms with Crippen LogP contribution in [0.3, 0.4) is 0 Å². The van der Waals surface area contributed by atoms with Crippen LogP contribution in [-0.4, -0.2) is 25.0 Å². The molecule has 1 aliphatic rings. The minimum absolute atomic E-state index is 0.108. The number of nitrogens with one attached hydrogen (secondary N) is 1. The standard InChI is InChI=1S/C11H15FN2/c1-13-11-5-2-4-10(12)9(11)8-14-6-3-7-14/h2,4-5,13H,3,6-8H2,1H3. The first-order valence-corrected chi connectivity index (χ1v) is 4.99. The van der Waals surface area contributed by atoms with Crippen LogP contribution >= 0.6 is 0 Å². The monoisotopic (exact) mass is 194 g/mol. The highest BCUT2D eigenvalue weighted by atomic mass is 19.1. The van der Waals surface area contributed by atoms with Crippen molar-refractivity contribution in [2.75, 3.05) is 25.5 Å². The molecule has 1 N–H and O–H groups in total. The van der Waals surface area contributed by atoms with Gasteiger partial charge in [0, 0.05) is 24.8 Å². The Hall–Kier alpha value is -1.09. The zero-order valence-electron chi connectivity index (χ0n) is 8.39. The third kappa shape index (κ3) is 1.73. The van der Waals surface area contributed by atoms with Gasteiger partial charge in [-0.2, -0.15) is 0 Å². The largest absolute Gasteiger partial charge is 0.388 e. The molecule has 0 aliphatic carbocycles. The molecule has 0 unspecified atom stereocenters. The van der Waals surface area contributed by atoms with Crippen LogP contribution in [0, 0.1) is 5.82 Å². The molecule has 1 fully saturated rings. The van der Waals surface area contributed by atoms with E-state index in [0.29, 0.717) is 0 Å². The fourth-order valence-electron chi connectivity index (χ4n) is 1.72. The SMILES string of the molecule is CNc1cccc(F)c1CN1CCC1. The van der Waals surface area contributed by atoms with Gasteiger partial charge in [0.2, 0.25) is 0 Å². The van der Waals surface area contributed by atoms with Crippen molar-refractivity contribution >= 4 is 5.69 Å². The summed E-state index contributed by atoms with van der Waals surface area (Å²) in [5, 5.41) is 3.02. The topological polar surface area (TPSA) is 15.3 Å². The van der Waals surface area contributed by atoms with E-state index in [-0.39, 0.29) is 5.82 Å². The van der Waals surface area contributed by atoms with E-state index in [1.165, 1.54) is 12.5 Å². The van der Waals surface area contributed by atoms with Crippen LogP contribution in [0.15, 0.2) is 18.2 Å². The summed E-state index contributed by atoms with van der Waals surface area (Å²) >= 11 is 0.